The molecule has 0 atom stereocenters. The summed E-state index contributed by atoms with van der Waals surface area (Å²) >= 11 is 3.72. The van der Waals surface area contributed by atoms with Crippen molar-refractivity contribution in [3.05, 3.63) is 33.9 Å². The van der Waals surface area contributed by atoms with Crippen molar-refractivity contribution in [1.29, 1.82) is 0 Å². The molecule has 0 spiro atoms. The van der Waals surface area contributed by atoms with Gasteiger partial charge in [0.1, 0.15) is 5.56 Å². The van der Waals surface area contributed by atoms with Crippen LogP contribution in [-0.4, -0.2) is 4.92 Å². The van der Waals surface area contributed by atoms with Gasteiger partial charge in [0.05, 0.1) is 4.92 Å². The fourth-order valence-electron chi connectivity index (χ4n) is 0.911. The normalized spacial score (nSPS) is 11.4. The Kier molecular flexibility index (Phi) is 2.70. The molecule has 0 aliphatic heterocycles. The van der Waals surface area contributed by atoms with E-state index in [1.54, 1.807) is 0 Å². The van der Waals surface area contributed by atoms with Crippen LogP contribution < -0.4 is 0 Å². The number of hydrogen-bond donors (Lipinski definition) is 1. The molecule has 1 rings (SSSR count). The first-order valence-electron chi connectivity index (χ1n) is 3.37. The lowest BCUT2D eigenvalue weighted by atomic mass is 10.2. The number of hydrogen-bond acceptors (Lipinski definition) is 3. The molecule has 0 saturated carbocycles. The highest BCUT2D eigenvalue weighted by Gasteiger charge is 2.37. The van der Waals surface area contributed by atoms with Gasteiger partial charge in [-0.05, 0) is 12.1 Å². The minimum atomic E-state index is -4.72. The highest BCUT2D eigenvalue weighted by Crippen LogP contribution is 2.36. The zero-order valence-electron chi connectivity index (χ0n) is 6.58. The highest BCUT2D eigenvalue weighted by molar-refractivity contribution is 7.80. The molecule has 76 valence electrons. The first-order chi connectivity index (χ1) is 6.32. The van der Waals surface area contributed by atoms with Gasteiger partial charge in [-0.1, -0.05) is 0 Å². The molecule has 14 heavy (non-hydrogen) atoms. The summed E-state index contributed by atoms with van der Waals surface area (Å²) in [7, 11) is 0. The van der Waals surface area contributed by atoms with Crippen LogP contribution in [0, 0.1) is 10.1 Å². The predicted molar refractivity (Wildman–Crippen MR) is 45.4 cm³/mol. The van der Waals surface area contributed by atoms with Crippen LogP contribution in [-0.2, 0) is 6.18 Å². The number of benzene rings is 1. The minimum absolute atomic E-state index is 0.115. The summed E-state index contributed by atoms with van der Waals surface area (Å²) < 4.78 is 36.6. The third-order valence-corrected chi connectivity index (χ3v) is 1.76. The Hall–Kier alpha value is -1.24. The molecule has 0 aliphatic rings. The Labute approximate surface area is 82.1 Å². The minimum Gasteiger partial charge on any atom is -0.258 e. The van der Waals surface area contributed by atoms with Crippen molar-refractivity contribution in [2.75, 3.05) is 0 Å². The van der Waals surface area contributed by atoms with E-state index in [0.717, 1.165) is 12.1 Å². The number of nitro groups is 1. The quantitative estimate of drug-likeness (QED) is 0.452. The van der Waals surface area contributed by atoms with Gasteiger partial charge in [0.25, 0.3) is 5.69 Å². The Morgan fingerprint density at radius 2 is 1.93 bits per heavy atom. The smallest absolute Gasteiger partial charge is 0.258 e. The Balaban J connectivity index is 3.37. The van der Waals surface area contributed by atoms with Crippen LogP contribution in [0.3, 0.4) is 0 Å². The van der Waals surface area contributed by atoms with E-state index in [4.69, 9.17) is 0 Å². The molecule has 1 aromatic carbocycles. The Bertz CT molecular complexity index is 378. The second-order valence-electron chi connectivity index (χ2n) is 2.46. The van der Waals surface area contributed by atoms with Gasteiger partial charge in [0.2, 0.25) is 0 Å². The molecule has 0 amide bonds. The number of nitrogens with zero attached hydrogens (tertiary/aromatic N) is 1. The summed E-state index contributed by atoms with van der Waals surface area (Å²) in [5.41, 5.74) is -2.25. The number of alkyl halides is 3. The maximum atomic E-state index is 12.2. The van der Waals surface area contributed by atoms with Crippen LogP contribution in [0.2, 0.25) is 0 Å². The fourth-order valence-corrected chi connectivity index (χ4v) is 1.11. The summed E-state index contributed by atoms with van der Waals surface area (Å²) in [6.45, 7) is 0. The highest BCUT2D eigenvalue weighted by atomic mass is 32.1. The molecule has 0 aromatic heterocycles. The van der Waals surface area contributed by atoms with E-state index in [1.165, 1.54) is 0 Å². The van der Waals surface area contributed by atoms with Gasteiger partial charge in [-0.2, -0.15) is 13.2 Å². The molecule has 0 saturated heterocycles. The summed E-state index contributed by atoms with van der Waals surface area (Å²) in [4.78, 5) is 9.33. The lowest BCUT2D eigenvalue weighted by Crippen LogP contribution is -2.08. The van der Waals surface area contributed by atoms with Gasteiger partial charge in [-0.25, -0.2) is 0 Å². The second kappa shape index (κ2) is 3.49. The van der Waals surface area contributed by atoms with E-state index < -0.39 is 22.4 Å². The van der Waals surface area contributed by atoms with E-state index in [-0.39, 0.29) is 4.90 Å². The van der Waals surface area contributed by atoms with E-state index in [2.05, 4.69) is 12.6 Å². The van der Waals surface area contributed by atoms with Crippen LogP contribution in [0.5, 0.6) is 0 Å². The number of nitro benzene ring substituents is 1. The summed E-state index contributed by atoms with van der Waals surface area (Å²) in [6, 6.07) is 2.46. The SMILES string of the molecule is O=[N+]([O-])c1cc(S)ccc1C(F)(F)F. The largest absolute Gasteiger partial charge is 0.422 e. The summed E-state index contributed by atoms with van der Waals surface area (Å²) in [6.07, 6.45) is -4.72. The average Bonchev–Trinajstić information content (AvgIpc) is 2.01. The first-order valence-corrected chi connectivity index (χ1v) is 3.81. The molecule has 0 aliphatic carbocycles. The maximum Gasteiger partial charge on any atom is 0.422 e. The van der Waals surface area contributed by atoms with Crippen LogP contribution >= 0.6 is 12.6 Å². The van der Waals surface area contributed by atoms with Crippen LogP contribution in [0.15, 0.2) is 23.1 Å². The summed E-state index contributed by atoms with van der Waals surface area (Å²) in [5, 5.41) is 10.3. The standard InChI is InChI=1S/C7H4F3NO2S/c8-7(9,10)5-2-1-4(14)3-6(5)11(12)13/h1-3,14H. The molecule has 3 nitrogen and oxygen atoms in total. The number of rotatable bonds is 1. The average molecular weight is 223 g/mol. The molecule has 0 radical (unpaired) electrons. The van der Waals surface area contributed by atoms with Crippen molar-refractivity contribution in [1.82, 2.24) is 0 Å². The van der Waals surface area contributed by atoms with Crippen molar-refractivity contribution in [3.8, 4) is 0 Å². The van der Waals surface area contributed by atoms with Crippen molar-refractivity contribution in [2.45, 2.75) is 11.1 Å². The molecule has 0 bridgehead atoms. The van der Waals surface area contributed by atoms with E-state index in [9.17, 15) is 23.3 Å². The molecular formula is C7H4F3NO2S. The van der Waals surface area contributed by atoms with Crippen molar-refractivity contribution < 1.29 is 18.1 Å². The van der Waals surface area contributed by atoms with Gasteiger partial charge >= 0.3 is 6.18 Å². The van der Waals surface area contributed by atoms with Gasteiger partial charge in [-0.3, -0.25) is 10.1 Å². The lowest BCUT2D eigenvalue weighted by Gasteiger charge is -2.06. The fraction of sp³-hybridized carbons (Fsp3) is 0.143. The predicted octanol–water partition coefficient (Wildman–Crippen LogP) is 2.90. The van der Waals surface area contributed by atoms with E-state index in [1.807, 2.05) is 0 Å². The van der Waals surface area contributed by atoms with Crippen molar-refractivity contribution >= 4 is 18.3 Å². The van der Waals surface area contributed by atoms with Crippen LogP contribution in [0.25, 0.3) is 0 Å². The van der Waals surface area contributed by atoms with Crippen molar-refractivity contribution in [2.24, 2.45) is 0 Å². The lowest BCUT2D eigenvalue weighted by molar-refractivity contribution is -0.388. The zero-order valence-corrected chi connectivity index (χ0v) is 7.47. The van der Waals surface area contributed by atoms with Crippen LogP contribution in [0.1, 0.15) is 5.56 Å². The van der Waals surface area contributed by atoms with Gasteiger partial charge in [0.15, 0.2) is 0 Å². The first kappa shape index (κ1) is 10.8. The van der Waals surface area contributed by atoms with Crippen LogP contribution in [0.4, 0.5) is 18.9 Å². The summed E-state index contributed by atoms with van der Waals surface area (Å²) in [5.74, 6) is 0. The molecule has 0 heterocycles. The third kappa shape index (κ3) is 2.16. The molecular weight excluding hydrogens is 219 g/mol. The third-order valence-electron chi connectivity index (χ3n) is 1.48. The Morgan fingerprint density at radius 3 is 2.36 bits per heavy atom. The molecule has 1 aromatic rings. The van der Waals surface area contributed by atoms with Gasteiger partial charge in [-0.15, -0.1) is 12.6 Å². The second-order valence-corrected chi connectivity index (χ2v) is 2.97. The molecule has 7 heteroatoms. The van der Waals surface area contributed by atoms with Gasteiger partial charge in [0, 0.05) is 11.0 Å². The number of thiol groups is 1. The molecule has 0 fully saturated rings. The maximum absolute atomic E-state index is 12.2. The topological polar surface area (TPSA) is 43.1 Å². The zero-order chi connectivity index (χ0) is 10.9. The molecule has 0 N–H and O–H groups in total. The number of halogens is 3. The molecule has 0 unspecified atom stereocenters. The van der Waals surface area contributed by atoms with E-state index in [0.29, 0.717) is 6.07 Å². The van der Waals surface area contributed by atoms with Gasteiger partial charge < -0.3 is 0 Å². The Morgan fingerprint density at radius 1 is 1.36 bits per heavy atom. The van der Waals surface area contributed by atoms with E-state index >= 15 is 0 Å². The monoisotopic (exact) mass is 223 g/mol. The van der Waals surface area contributed by atoms with Crippen molar-refractivity contribution in [3.63, 3.8) is 0 Å².